The van der Waals surface area contributed by atoms with Gasteiger partial charge in [-0.25, -0.2) is 0 Å². The van der Waals surface area contributed by atoms with Crippen LogP contribution in [0.25, 0.3) is 0 Å². The molecular formula is C11H20N4O3. The van der Waals surface area contributed by atoms with Gasteiger partial charge in [-0.2, -0.15) is 4.98 Å². The van der Waals surface area contributed by atoms with Crippen molar-refractivity contribution >= 4 is 0 Å². The molecule has 2 unspecified atom stereocenters. The first-order valence-corrected chi connectivity index (χ1v) is 6.08. The Balaban J connectivity index is 1.96. The van der Waals surface area contributed by atoms with Crippen LogP contribution in [-0.2, 0) is 15.9 Å². The fourth-order valence-corrected chi connectivity index (χ4v) is 1.87. The Morgan fingerprint density at radius 2 is 2.44 bits per heavy atom. The zero-order chi connectivity index (χ0) is 13.0. The van der Waals surface area contributed by atoms with E-state index in [1.165, 1.54) is 0 Å². The largest absolute Gasteiger partial charge is 0.380 e. The second-order valence-corrected chi connectivity index (χ2v) is 4.47. The summed E-state index contributed by atoms with van der Waals surface area (Å²) >= 11 is 0. The second kappa shape index (κ2) is 6.24. The number of morpholine rings is 1. The number of likely N-dealkylation sites (N-methyl/N-ethyl adjacent to an activating group) is 1. The smallest absolute Gasteiger partial charge is 0.229 e. The predicted molar refractivity (Wildman–Crippen MR) is 64.0 cm³/mol. The lowest BCUT2D eigenvalue weighted by Gasteiger charge is -2.27. The average Bonchev–Trinajstić information content (AvgIpc) is 2.84. The van der Waals surface area contributed by atoms with Gasteiger partial charge in [0.1, 0.15) is 6.10 Å². The van der Waals surface area contributed by atoms with E-state index in [-0.39, 0.29) is 12.2 Å². The van der Waals surface area contributed by atoms with Crippen molar-refractivity contribution in [3.05, 3.63) is 11.7 Å². The van der Waals surface area contributed by atoms with Crippen LogP contribution >= 0.6 is 0 Å². The van der Waals surface area contributed by atoms with Crippen LogP contribution in [0.5, 0.6) is 0 Å². The third-order valence-corrected chi connectivity index (χ3v) is 3.04. The van der Waals surface area contributed by atoms with Crippen molar-refractivity contribution in [1.82, 2.24) is 15.0 Å². The van der Waals surface area contributed by atoms with Crippen molar-refractivity contribution in [2.75, 3.05) is 40.4 Å². The van der Waals surface area contributed by atoms with Crippen molar-refractivity contribution in [1.29, 1.82) is 0 Å². The van der Waals surface area contributed by atoms with Crippen LogP contribution in [0.1, 0.15) is 17.8 Å². The van der Waals surface area contributed by atoms with Crippen LogP contribution in [0.2, 0.25) is 0 Å². The lowest BCUT2D eigenvalue weighted by atomic mass is 10.2. The maximum atomic E-state index is 5.62. The molecule has 18 heavy (non-hydrogen) atoms. The first kappa shape index (κ1) is 13.4. The van der Waals surface area contributed by atoms with E-state index in [0.29, 0.717) is 31.3 Å². The highest BCUT2D eigenvalue weighted by atomic mass is 16.5. The minimum atomic E-state index is -0.111. The highest BCUT2D eigenvalue weighted by molar-refractivity contribution is 4.95. The minimum absolute atomic E-state index is 0.0896. The number of aromatic nitrogens is 2. The Morgan fingerprint density at radius 1 is 1.61 bits per heavy atom. The molecule has 1 saturated heterocycles. The number of rotatable bonds is 5. The van der Waals surface area contributed by atoms with Crippen molar-refractivity contribution < 1.29 is 14.0 Å². The zero-order valence-electron chi connectivity index (χ0n) is 10.8. The van der Waals surface area contributed by atoms with Gasteiger partial charge >= 0.3 is 0 Å². The summed E-state index contributed by atoms with van der Waals surface area (Å²) in [4.78, 5) is 6.52. The van der Waals surface area contributed by atoms with Gasteiger partial charge in [0.25, 0.3) is 0 Å². The molecule has 0 saturated carbocycles. The van der Waals surface area contributed by atoms with Gasteiger partial charge in [0.05, 0.1) is 19.1 Å². The summed E-state index contributed by atoms with van der Waals surface area (Å²) in [7, 11) is 3.67. The number of methoxy groups -OCH3 is 1. The molecule has 0 aliphatic carbocycles. The molecule has 2 N–H and O–H groups in total. The highest BCUT2D eigenvalue weighted by Crippen LogP contribution is 2.19. The Bertz CT molecular complexity index is 367. The second-order valence-electron chi connectivity index (χ2n) is 4.47. The molecule has 1 fully saturated rings. The Morgan fingerprint density at radius 3 is 3.11 bits per heavy atom. The first-order chi connectivity index (χ1) is 8.72. The normalized spacial score (nSPS) is 23.2. The summed E-state index contributed by atoms with van der Waals surface area (Å²) in [6, 6.07) is 0. The summed E-state index contributed by atoms with van der Waals surface area (Å²) in [5.74, 6) is 1.14. The molecule has 0 amide bonds. The van der Waals surface area contributed by atoms with Crippen LogP contribution in [0.3, 0.4) is 0 Å². The van der Waals surface area contributed by atoms with E-state index in [0.717, 1.165) is 13.1 Å². The summed E-state index contributed by atoms with van der Waals surface area (Å²) in [5.41, 5.74) is 5.55. The Kier molecular flexibility index (Phi) is 4.65. The summed E-state index contributed by atoms with van der Waals surface area (Å²) in [5, 5.41) is 3.96. The molecule has 2 atom stereocenters. The molecule has 0 spiro atoms. The van der Waals surface area contributed by atoms with E-state index in [1.54, 1.807) is 7.11 Å². The zero-order valence-corrected chi connectivity index (χ0v) is 10.8. The third kappa shape index (κ3) is 3.26. The van der Waals surface area contributed by atoms with E-state index in [2.05, 4.69) is 15.0 Å². The topological polar surface area (TPSA) is 86.6 Å². The standard InChI is InChI=1S/C11H20N4O3/c1-15-3-4-17-9(7-15)11-13-10(18-14-11)5-8(6-12)16-2/h8-9H,3-7,12H2,1-2H3. The van der Waals surface area contributed by atoms with Gasteiger partial charge < -0.3 is 24.6 Å². The van der Waals surface area contributed by atoms with Crippen LogP contribution in [0.4, 0.5) is 0 Å². The van der Waals surface area contributed by atoms with Crippen LogP contribution in [0.15, 0.2) is 4.52 Å². The Hall–Kier alpha value is -1.02. The molecule has 1 aliphatic rings. The number of hydrogen-bond donors (Lipinski definition) is 1. The van der Waals surface area contributed by atoms with Gasteiger partial charge in [-0.05, 0) is 7.05 Å². The molecule has 102 valence electrons. The lowest BCUT2D eigenvalue weighted by Crippen LogP contribution is -2.35. The summed E-state index contributed by atoms with van der Waals surface area (Å²) in [6.07, 6.45) is 0.330. The van der Waals surface area contributed by atoms with E-state index in [1.807, 2.05) is 7.05 Å². The molecule has 2 heterocycles. The molecule has 1 aliphatic heterocycles. The van der Waals surface area contributed by atoms with Crippen molar-refractivity contribution in [3.8, 4) is 0 Å². The number of ether oxygens (including phenoxy) is 2. The highest BCUT2D eigenvalue weighted by Gasteiger charge is 2.24. The van der Waals surface area contributed by atoms with Gasteiger partial charge in [-0.1, -0.05) is 5.16 Å². The van der Waals surface area contributed by atoms with Gasteiger partial charge in [-0.15, -0.1) is 0 Å². The first-order valence-electron chi connectivity index (χ1n) is 6.08. The van der Waals surface area contributed by atoms with Gasteiger partial charge in [0.2, 0.25) is 11.7 Å². The van der Waals surface area contributed by atoms with Gasteiger partial charge in [-0.3, -0.25) is 0 Å². The molecule has 0 bridgehead atoms. The molecule has 1 aromatic heterocycles. The summed E-state index contributed by atoms with van der Waals surface area (Å²) < 4.78 is 16.0. The van der Waals surface area contributed by atoms with Crippen LogP contribution in [0, 0.1) is 0 Å². The van der Waals surface area contributed by atoms with Crippen molar-refractivity contribution in [3.63, 3.8) is 0 Å². The van der Waals surface area contributed by atoms with Gasteiger partial charge in [0, 0.05) is 26.7 Å². The van der Waals surface area contributed by atoms with Crippen LogP contribution in [-0.4, -0.2) is 61.5 Å². The van der Waals surface area contributed by atoms with Crippen molar-refractivity contribution in [2.45, 2.75) is 18.6 Å². The molecule has 2 rings (SSSR count). The van der Waals surface area contributed by atoms with Crippen LogP contribution < -0.4 is 5.73 Å². The maximum absolute atomic E-state index is 5.62. The number of nitrogens with zero attached hydrogens (tertiary/aromatic N) is 3. The number of nitrogens with two attached hydrogens (primary N) is 1. The predicted octanol–water partition coefficient (Wildman–Crippen LogP) is -0.411. The molecule has 0 radical (unpaired) electrons. The monoisotopic (exact) mass is 256 g/mol. The van der Waals surface area contributed by atoms with E-state index >= 15 is 0 Å². The van der Waals surface area contributed by atoms with Gasteiger partial charge in [0.15, 0.2) is 0 Å². The quantitative estimate of drug-likeness (QED) is 0.766. The molecular weight excluding hydrogens is 236 g/mol. The Labute approximate surface area is 106 Å². The number of hydrogen-bond acceptors (Lipinski definition) is 7. The van der Waals surface area contributed by atoms with Crippen molar-refractivity contribution in [2.24, 2.45) is 5.73 Å². The fraction of sp³-hybridized carbons (Fsp3) is 0.818. The van der Waals surface area contributed by atoms with E-state index in [4.69, 9.17) is 19.7 Å². The molecule has 0 aromatic carbocycles. The molecule has 7 heteroatoms. The average molecular weight is 256 g/mol. The van der Waals surface area contributed by atoms with E-state index in [9.17, 15) is 0 Å². The third-order valence-electron chi connectivity index (χ3n) is 3.04. The summed E-state index contributed by atoms with van der Waals surface area (Å²) in [6.45, 7) is 2.83. The molecule has 1 aromatic rings. The molecule has 7 nitrogen and oxygen atoms in total. The SMILES string of the molecule is COC(CN)Cc1nc(C2CN(C)CCO2)no1. The lowest BCUT2D eigenvalue weighted by molar-refractivity contribution is -0.0264. The minimum Gasteiger partial charge on any atom is -0.380 e. The maximum Gasteiger partial charge on any atom is 0.229 e. The van der Waals surface area contributed by atoms with E-state index < -0.39 is 0 Å². The fourth-order valence-electron chi connectivity index (χ4n) is 1.87.